The summed E-state index contributed by atoms with van der Waals surface area (Å²) in [6.07, 6.45) is 0. The van der Waals surface area contributed by atoms with Gasteiger partial charge in [-0.25, -0.2) is 14.0 Å². The van der Waals surface area contributed by atoms with Crippen LogP contribution in [0.25, 0.3) is 11.0 Å². The minimum atomic E-state index is -0.984. The maximum Gasteiger partial charge on any atom is 0.336 e. The lowest BCUT2D eigenvalue weighted by Gasteiger charge is -2.21. The number of carbonyl (C=O) groups is 2. The highest BCUT2D eigenvalue weighted by Gasteiger charge is 2.27. The third-order valence-electron chi connectivity index (χ3n) is 5.21. The molecule has 0 saturated carbocycles. The van der Waals surface area contributed by atoms with Crippen molar-refractivity contribution in [2.24, 2.45) is 5.92 Å². The number of hydrogen-bond donors (Lipinski definition) is 1. The zero-order valence-electron chi connectivity index (χ0n) is 17.8. The molecule has 1 N–H and O–H groups in total. The van der Waals surface area contributed by atoms with Crippen LogP contribution in [0.1, 0.15) is 40.9 Å². The summed E-state index contributed by atoms with van der Waals surface area (Å²) in [5.41, 5.74) is 2.07. The van der Waals surface area contributed by atoms with E-state index in [-0.39, 0.29) is 18.1 Å². The predicted molar refractivity (Wildman–Crippen MR) is 114 cm³/mol. The van der Waals surface area contributed by atoms with E-state index in [4.69, 9.17) is 9.15 Å². The van der Waals surface area contributed by atoms with Crippen LogP contribution in [0.4, 0.5) is 4.39 Å². The van der Waals surface area contributed by atoms with Gasteiger partial charge in [0.05, 0.1) is 5.56 Å². The predicted octanol–water partition coefficient (Wildman–Crippen LogP) is 4.05. The van der Waals surface area contributed by atoms with E-state index in [9.17, 15) is 18.8 Å². The van der Waals surface area contributed by atoms with Gasteiger partial charge in [0.15, 0.2) is 0 Å². The van der Waals surface area contributed by atoms with Crippen molar-refractivity contribution in [1.29, 1.82) is 0 Å². The monoisotopic (exact) mass is 425 g/mol. The Bertz CT molecular complexity index is 1200. The van der Waals surface area contributed by atoms with Crippen molar-refractivity contribution in [3.05, 3.63) is 81.0 Å². The van der Waals surface area contributed by atoms with E-state index in [1.165, 1.54) is 30.3 Å². The summed E-state index contributed by atoms with van der Waals surface area (Å²) in [6.45, 7) is 7.08. The fraction of sp³-hybridized carbons (Fsp3) is 0.292. The second kappa shape index (κ2) is 9.12. The standard InChI is InChI=1S/C24H24FNO5/c1-13(2)21(26-23(28)18-7-5-6-8-19(18)25)24(29)30-12-16-11-20(27)31-22-15(4)14(3)9-10-17(16)22/h5-11,13,21H,12H2,1-4H3,(H,26,28). The lowest BCUT2D eigenvalue weighted by Crippen LogP contribution is -2.45. The molecular weight excluding hydrogens is 401 g/mol. The summed E-state index contributed by atoms with van der Waals surface area (Å²) in [4.78, 5) is 37.1. The lowest BCUT2D eigenvalue weighted by atomic mass is 10.0. The Morgan fingerprint density at radius 3 is 2.52 bits per heavy atom. The molecule has 162 valence electrons. The number of hydrogen-bond acceptors (Lipinski definition) is 5. The number of carbonyl (C=O) groups excluding carboxylic acids is 2. The Balaban J connectivity index is 1.80. The van der Waals surface area contributed by atoms with Crippen molar-refractivity contribution < 1.29 is 23.1 Å². The Labute approximate surface area is 179 Å². The summed E-state index contributed by atoms with van der Waals surface area (Å²) in [7, 11) is 0. The Kier molecular flexibility index (Phi) is 6.53. The number of halogens is 1. The third-order valence-corrected chi connectivity index (χ3v) is 5.21. The fourth-order valence-electron chi connectivity index (χ4n) is 3.24. The number of aryl methyl sites for hydroxylation is 2. The van der Waals surface area contributed by atoms with Gasteiger partial charge in [-0.1, -0.05) is 38.1 Å². The van der Waals surface area contributed by atoms with E-state index in [0.29, 0.717) is 16.5 Å². The maximum absolute atomic E-state index is 13.9. The zero-order valence-corrected chi connectivity index (χ0v) is 17.8. The number of ether oxygens (including phenoxy) is 1. The molecule has 1 heterocycles. The van der Waals surface area contributed by atoms with Crippen molar-refractivity contribution in [2.45, 2.75) is 40.3 Å². The second-order valence-electron chi connectivity index (χ2n) is 7.76. The summed E-state index contributed by atoms with van der Waals surface area (Å²) < 4.78 is 24.6. The molecule has 0 aliphatic rings. The SMILES string of the molecule is Cc1ccc2c(COC(=O)C(NC(=O)c3ccccc3F)C(C)C)cc(=O)oc2c1C. The molecule has 0 fully saturated rings. The molecule has 3 rings (SSSR count). The van der Waals surface area contributed by atoms with E-state index in [1.807, 2.05) is 26.0 Å². The first kappa shape index (κ1) is 22.2. The number of esters is 1. The Morgan fingerprint density at radius 2 is 1.84 bits per heavy atom. The molecule has 6 nitrogen and oxygen atoms in total. The van der Waals surface area contributed by atoms with Crippen molar-refractivity contribution in [2.75, 3.05) is 0 Å². The third kappa shape index (κ3) is 4.82. The van der Waals surface area contributed by atoms with E-state index in [0.717, 1.165) is 11.1 Å². The molecule has 3 aromatic rings. The van der Waals surface area contributed by atoms with Gasteiger partial charge >= 0.3 is 11.6 Å². The summed E-state index contributed by atoms with van der Waals surface area (Å²) in [6, 6.07) is 9.54. The number of amides is 1. The van der Waals surface area contributed by atoms with Gasteiger partial charge in [0.25, 0.3) is 5.91 Å². The minimum absolute atomic E-state index is 0.154. The number of benzene rings is 2. The Morgan fingerprint density at radius 1 is 1.13 bits per heavy atom. The number of fused-ring (bicyclic) bond motifs is 1. The molecule has 0 saturated heterocycles. The van der Waals surface area contributed by atoms with Gasteiger partial charge in [-0.15, -0.1) is 0 Å². The Hall–Kier alpha value is -3.48. The van der Waals surface area contributed by atoms with Gasteiger partial charge in [0.2, 0.25) is 0 Å². The molecule has 31 heavy (non-hydrogen) atoms. The van der Waals surface area contributed by atoms with Crippen molar-refractivity contribution >= 4 is 22.8 Å². The molecular formula is C24H24FNO5. The van der Waals surface area contributed by atoms with E-state index < -0.39 is 29.4 Å². The van der Waals surface area contributed by atoms with Crippen LogP contribution in [-0.2, 0) is 16.1 Å². The summed E-state index contributed by atoms with van der Waals surface area (Å²) in [5, 5.41) is 3.21. The average Bonchev–Trinajstić information content (AvgIpc) is 2.73. The van der Waals surface area contributed by atoms with Crippen molar-refractivity contribution in [3.63, 3.8) is 0 Å². The fourth-order valence-corrected chi connectivity index (χ4v) is 3.24. The van der Waals surface area contributed by atoms with Crippen LogP contribution in [-0.4, -0.2) is 17.9 Å². The molecule has 0 bridgehead atoms. The quantitative estimate of drug-likeness (QED) is 0.476. The van der Waals surface area contributed by atoms with Gasteiger partial charge in [0.1, 0.15) is 24.0 Å². The van der Waals surface area contributed by atoms with Gasteiger partial charge in [-0.3, -0.25) is 4.79 Å². The molecule has 1 amide bonds. The van der Waals surface area contributed by atoms with Crippen molar-refractivity contribution in [3.8, 4) is 0 Å². The van der Waals surface area contributed by atoms with Crippen LogP contribution in [0.5, 0.6) is 0 Å². The molecule has 0 aliphatic carbocycles. The van der Waals surface area contributed by atoms with Crippen molar-refractivity contribution in [1.82, 2.24) is 5.32 Å². The zero-order chi connectivity index (χ0) is 22.7. The van der Waals surface area contributed by atoms with Crippen LogP contribution in [0, 0.1) is 25.6 Å². The number of nitrogens with one attached hydrogen (secondary N) is 1. The first-order valence-corrected chi connectivity index (χ1v) is 9.94. The molecule has 1 aromatic heterocycles. The van der Waals surface area contributed by atoms with Gasteiger partial charge in [-0.2, -0.15) is 0 Å². The smallest absolute Gasteiger partial charge is 0.336 e. The van der Waals surface area contributed by atoms with Crippen LogP contribution < -0.4 is 10.9 Å². The highest BCUT2D eigenvalue weighted by atomic mass is 19.1. The van der Waals surface area contributed by atoms with Gasteiger partial charge in [-0.05, 0) is 43.0 Å². The normalized spacial score (nSPS) is 12.1. The molecule has 0 radical (unpaired) electrons. The molecule has 1 unspecified atom stereocenters. The van der Waals surface area contributed by atoms with Crippen LogP contribution in [0.15, 0.2) is 51.7 Å². The largest absolute Gasteiger partial charge is 0.459 e. The van der Waals surface area contributed by atoms with Gasteiger partial charge in [0, 0.05) is 17.0 Å². The highest BCUT2D eigenvalue weighted by Crippen LogP contribution is 2.24. The first-order chi connectivity index (χ1) is 14.7. The molecule has 7 heteroatoms. The maximum atomic E-state index is 13.9. The van der Waals surface area contributed by atoms with Crippen LogP contribution >= 0.6 is 0 Å². The highest BCUT2D eigenvalue weighted by molar-refractivity contribution is 5.97. The van der Waals surface area contributed by atoms with E-state index >= 15 is 0 Å². The van der Waals surface area contributed by atoms with E-state index in [1.54, 1.807) is 13.8 Å². The summed E-state index contributed by atoms with van der Waals surface area (Å²) >= 11 is 0. The molecule has 0 aliphatic heterocycles. The topological polar surface area (TPSA) is 85.6 Å². The average molecular weight is 425 g/mol. The molecule has 2 aromatic carbocycles. The second-order valence-corrected chi connectivity index (χ2v) is 7.76. The van der Waals surface area contributed by atoms with Crippen LogP contribution in [0.3, 0.4) is 0 Å². The molecule has 1 atom stereocenters. The van der Waals surface area contributed by atoms with Crippen LogP contribution in [0.2, 0.25) is 0 Å². The van der Waals surface area contributed by atoms with Gasteiger partial charge < -0.3 is 14.5 Å². The molecule has 0 spiro atoms. The summed E-state index contributed by atoms with van der Waals surface area (Å²) in [5.74, 6) is -2.36. The number of rotatable bonds is 6. The minimum Gasteiger partial charge on any atom is -0.459 e. The van der Waals surface area contributed by atoms with E-state index in [2.05, 4.69) is 5.32 Å². The first-order valence-electron chi connectivity index (χ1n) is 9.94. The lowest BCUT2D eigenvalue weighted by molar-refractivity contribution is -0.148.